The second kappa shape index (κ2) is 4.52. The van der Waals surface area contributed by atoms with Crippen LogP contribution in [0.4, 0.5) is 21.7 Å². The van der Waals surface area contributed by atoms with Crippen molar-refractivity contribution < 1.29 is 9.31 Å². The van der Waals surface area contributed by atoms with Crippen molar-refractivity contribution in [2.24, 2.45) is 0 Å². The number of aromatic nitrogens is 2. The van der Waals surface area contributed by atoms with Crippen molar-refractivity contribution in [1.29, 1.82) is 0 Å². The summed E-state index contributed by atoms with van der Waals surface area (Å²) in [5.41, 5.74) is -0.222. The number of rotatable bonds is 3. The summed E-state index contributed by atoms with van der Waals surface area (Å²) >= 11 is 0. The number of hydrogen-bond acceptors (Lipinski definition) is 5. The van der Waals surface area contributed by atoms with Crippen LogP contribution in [0.25, 0.3) is 0 Å². The van der Waals surface area contributed by atoms with Gasteiger partial charge >= 0.3 is 0 Å². The molecule has 86 valence electrons. The van der Waals surface area contributed by atoms with Gasteiger partial charge in [0.15, 0.2) is 0 Å². The molecule has 0 aliphatic carbocycles. The standard InChI is InChI=1S/C10H7FN4O2/c11-7-2-3-9(15(16)17)8(6-7)14-10-12-4-1-5-13-10/h1-6H,(H,12,13,14). The number of halogens is 1. The summed E-state index contributed by atoms with van der Waals surface area (Å²) in [4.78, 5) is 17.8. The Labute approximate surface area is 95.3 Å². The summed E-state index contributed by atoms with van der Waals surface area (Å²) in [6, 6.07) is 4.73. The monoisotopic (exact) mass is 234 g/mol. The Morgan fingerprint density at radius 3 is 2.65 bits per heavy atom. The molecule has 2 aromatic rings. The Balaban J connectivity index is 2.37. The molecule has 0 saturated carbocycles. The number of nitrogens with one attached hydrogen (secondary N) is 1. The summed E-state index contributed by atoms with van der Waals surface area (Å²) in [5, 5.41) is 13.3. The van der Waals surface area contributed by atoms with E-state index in [1.54, 1.807) is 6.07 Å². The molecular weight excluding hydrogens is 227 g/mol. The van der Waals surface area contributed by atoms with Crippen molar-refractivity contribution in [3.8, 4) is 0 Å². The normalized spacial score (nSPS) is 9.94. The molecule has 7 heteroatoms. The lowest BCUT2D eigenvalue weighted by Gasteiger charge is -2.04. The van der Waals surface area contributed by atoms with E-state index in [-0.39, 0.29) is 17.3 Å². The van der Waals surface area contributed by atoms with E-state index in [4.69, 9.17) is 0 Å². The molecule has 1 N–H and O–H groups in total. The van der Waals surface area contributed by atoms with Crippen molar-refractivity contribution in [2.75, 3.05) is 5.32 Å². The minimum absolute atomic E-state index is 0.0150. The van der Waals surface area contributed by atoms with Crippen molar-refractivity contribution >= 4 is 17.3 Å². The van der Waals surface area contributed by atoms with Crippen molar-refractivity contribution in [3.05, 3.63) is 52.6 Å². The molecular formula is C10H7FN4O2. The topological polar surface area (TPSA) is 81.0 Å². The lowest BCUT2D eigenvalue weighted by Crippen LogP contribution is -2.00. The Morgan fingerprint density at radius 2 is 2.00 bits per heavy atom. The predicted octanol–water partition coefficient (Wildman–Crippen LogP) is 2.27. The molecule has 0 saturated heterocycles. The van der Waals surface area contributed by atoms with E-state index in [0.717, 1.165) is 18.2 Å². The molecule has 17 heavy (non-hydrogen) atoms. The maximum Gasteiger partial charge on any atom is 0.292 e. The van der Waals surface area contributed by atoms with Gasteiger partial charge in [0, 0.05) is 24.5 Å². The maximum atomic E-state index is 13.0. The minimum Gasteiger partial charge on any atom is -0.318 e. The SMILES string of the molecule is O=[N+]([O-])c1ccc(F)cc1Nc1ncccn1. The maximum absolute atomic E-state index is 13.0. The first-order chi connectivity index (χ1) is 8.16. The largest absolute Gasteiger partial charge is 0.318 e. The van der Waals surface area contributed by atoms with Crippen LogP contribution < -0.4 is 5.32 Å². The predicted molar refractivity (Wildman–Crippen MR) is 58.4 cm³/mol. The van der Waals surface area contributed by atoms with Crippen LogP contribution in [0, 0.1) is 15.9 Å². The third-order valence-electron chi connectivity index (χ3n) is 1.97. The number of nitrogens with zero attached hydrogens (tertiary/aromatic N) is 3. The molecule has 2 rings (SSSR count). The average Bonchev–Trinajstić information content (AvgIpc) is 2.30. The van der Waals surface area contributed by atoms with Gasteiger partial charge in [-0.3, -0.25) is 10.1 Å². The van der Waals surface area contributed by atoms with Crippen LogP contribution in [0.3, 0.4) is 0 Å². The Bertz CT molecular complexity index is 547. The highest BCUT2D eigenvalue weighted by molar-refractivity contribution is 5.66. The summed E-state index contributed by atoms with van der Waals surface area (Å²) in [6.07, 6.45) is 2.95. The molecule has 0 unspecified atom stereocenters. The van der Waals surface area contributed by atoms with Crippen molar-refractivity contribution in [2.45, 2.75) is 0 Å². The third kappa shape index (κ3) is 2.51. The first-order valence-electron chi connectivity index (χ1n) is 4.65. The molecule has 1 aromatic carbocycles. The molecule has 0 aliphatic heterocycles. The van der Waals surface area contributed by atoms with Gasteiger partial charge in [0.05, 0.1) is 4.92 Å². The van der Waals surface area contributed by atoms with Crippen LogP contribution >= 0.6 is 0 Å². The minimum atomic E-state index is -0.606. The van der Waals surface area contributed by atoms with E-state index in [0.29, 0.717) is 0 Å². The molecule has 0 atom stereocenters. The quantitative estimate of drug-likeness (QED) is 0.650. The van der Waals surface area contributed by atoms with Gasteiger partial charge < -0.3 is 5.32 Å². The lowest BCUT2D eigenvalue weighted by molar-refractivity contribution is -0.384. The number of nitro benzene ring substituents is 1. The third-order valence-corrected chi connectivity index (χ3v) is 1.97. The van der Waals surface area contributed by atoms with Crippen LogP contribution in [0.15, 0.2) is 36.7 Å². The fourth-order valence-corrected chi connectivity index (χ4v) is 1.25. The molecule has 0 aliphatic rings. The lowest BCUT2D eigenvalue weighted by atomic mass is 10.2. The van der Waals surface area contributed by atoms with Crippen molar-refractivity contribution in [3.63, 3.8) is 0 Å². The number of anilines is 2. The molecule has 0 fully saturated rings. The summed E-state index contributed by atoms with van der Waals surface area (Å²) in [5.74, 6) is -0.407. The van der Waals surface area contributed by atoms with Crippen molar-refractivity contribution in [1.82, 2.24) is 9.97 Å². The zero-order chi connectivity index (χ0) is 12.3. The van der Waals surface area contributed by atoms with Crippen LogP contribution in [-0.4, -0.2) is 14.9 Å². The zero-order valence-electron chi connectivity index (χ0n) is 8.50. The van der Waals surface area contributed by atoms with Crippen LogP contribution in [0.5, 0.6) is 0 Å². The highest BCUT2D eigenvalue weighted by Gasteiger charge is 2.15. The zero-order valence-corrected chi connectivity index (χ0v) is 8.50. The summed E-state index contributed by atoms with van der Waals surface area (Å²) in [7, 11) is 0. The van der Waals surface area contributed by atoms with Crippen LogP contribution in [-0.2, 0) is 0 Å². The number of hydrogen-bond donors (Lipinski definition) is 1. The fraction of sp³-hybridized carbons (Fsp3) is 0. The van der Waals surface area contributed by atoms with E-state index in [1.165, 1.54) is 12.4 Å². The highest BCUT2D eigenvalue weighted by atomic mass is 19.1. The van der Waals surface area contributed by atoms with E-state index in [1.807, 2.05) is 0 Å². The van der Waals surface area contributed by atoms with Gasteiger partial charge in [-0.15, -0.1) is 0 Å². The fourth-order valence-electron chi connectivity index (χ4n) is 1.25. The second-order valence-electron chi connectivity index (χ2n) is 3.12. The van der Waals surface area contributed by atoms with Crippen LogP contribution in [0.1, 0.15) is 0 Å². The Morgan fingerprint density at radius 1 is 1.29 bits per heavy atom. The smallest absolute Gasteiger partial charge is 0.292 e. The van der Waals surface area contributed by atoms with E-state index >= 15 is 0 Å². The summed E-state index contributed by atoms with van der Waals surface area (Å²) < 4.78 is 13.0. The molecule has 0 spiro atoms. The molecule has 1 heterocycles. The molecule has 1 aromatic heterocycles. The Kier molecular flexibility index (Phi) is 2.91. The first kappa shape index (κ1) is 10.9. The van der Waals surface area contributed by atoms with Gasteiger partial charge in [0.25, 0.3) is 5.69 Å². The van der Waals surface area contributed by atoms with E-state index < -0.39 is 10.7 Å². The number of nitro groups is 1. The first-order valence-corrected chi connectivity index (χ1v) is 4.65. The Hall–Kier alpha value is -2.57. The van der Waals surface area contributed by atoms with Gasteiger partial charge in [-0.1, -0.05) is 0 Å². The highest BCUT2D eigenvalue weighted by Crippen LogP contribution is 2.26. The van der Waals surface area contributed by atoms with Gasteiger partial charge in [-0.25, -0.2) is 14.4 Å². The van der Waals surface area contributed by atoms with Crippen LogP contribution in [0.2, 0.25) is 0 Å². The second-order valence-corrected chi connectivity index (χ2v) is 3.12. The number of benzene rings is 1. The summed E-state index contributed by atoms with van der Waals surface area (Å²) in [6.45, 7) is 0. The molecule has 6 nitrogen and oxygen atoms in total. The van der Waals surface area contributed by atoms with Gasteiger partial charge in [-0.05, 0) is 12.1 Å². The molecule has 0 radical (unpaired) electrons. The van der Waals surface area contributed by atoms with Gasteiger partial charge in [0.2, 0.25) is 5.95 Å². The van der Waals surface area contributed by atoms with Gasteiger partial charge in [0.1, 0.15) is 11.5 Å². The average molecular weight is 234 g/mol. The van der Waals surface area contributed by atoms with Gasteiger partial charge in [-0.2, -0.15) is 0 Å². The van der Waals surface area contributed by atoms with E-state index in [9.17, 15) is 14.5 Å². The van der Waals surface area contributed by atoms with E-state index in [2.05, 4.69) is 15.3 Å². The molecule has 0 bridgehead atoms. The molecule has 0 amide bonds.